The molecule has 0 aromatic heterocycles. The van der Waals surface area contributed by atoms with Gasteiger partial charge in [-0.3, -0.25) is 9.69 Å². The third-order valence-corrected chi connectivity index (χ3v) is 3.53. The number of hydrogen-bond acceptors (Lipinski definition) is 3. The average Bonchev–Trinajstić information content (AvgIpc) is 2.61. The van der Waals surface area contributed by atoms with Crippen molar-refractivity contribution in [2.75, 3.05) is 6.54 Å². The third kappa shape index (κ3) is 2.68. The molecule has 2 N–H and O–H groups in total. The van der Waals surface area contributed by atoms with E-state index in [1.165, 1.54) is 17.0 Å². The number of halogens is 2. The van der Waals surface area contributed by atoms with Gasteiger partial charge in [-0.1, -0.05) is 23.2 Å². The number of nitrogens with one attached hydrogen (secondary N) is 1. The number of aromatic hydroxyl groups is 1. The van der Waals surface area contributed by atoms with Crippen molar-refractivity contribution in [2.24, 2.45) is 0 Å². The summed E-state index contributed by atoms with van der Waals surface area (Å²) in [5.74, 6) is -0.380. The van der Waals surface area contributed by atoms with Crippen LogP contribution < -0.4 is 5.32 Å². The summed E-state index contributed by atoms with van der Waals surface area (Å²) in [6.07, 6.45) is 1.58. The minimum Gasteiger partial charge on any atom is -0.505 e. The standard InChI is InChI=1S/C12H10Cl2N2O2S/c1-2-16-11(18)9(15-12(16)19)5-6-3-7(13)10(17)8(14)4-6/h3-5,17H,2H2,1H3,(H,15,19)/b9-5-. The fraction of sp³-hybridized carbons (Fsp3) is 0.167. The fourth-order valence-corrected chi connectivity index (χ4v) is 2.52. The lowest BCUT2D eigenvalue weighted by atomic mass is 10.2. The predicted octanol–water partition coefficient (Wildman–Crippen LogP) is 2.78. The normalized spacial score (nSPS) is 17.2. The summed E-state index contributed by atoms with van der Waals surface area (Å²) in [7, 11) is 0. The van der Waals surface area contributed by atoms with Crippen LogP contribution >= 0.6 is 35.4 Å². The van der Waals surface area contributed by atoms with Crippen molar-refractivity contribution in [1.82, 2.24) is 10.2 Å². The second-order valence-corrected chi connectivity index (χ2v) is 5.07. The van der Waals surface area contributed by atoms with Gasteiger partial charge in [0.1, 0.15) is 5.70 Å². The van der Waals surface area contributed by atoms with Crippen molar-refractivity contribution >= 4 is 52.5 Å². The molecule has 0 saturated carbocycles. The highest BCUT2D eigenvalue weighted by Gasteiger charge is 2.29. The van der Waals surface area contributed by atoms with Crippen LogP contribution in [0.5, 0.6) is 5.75 Å². The minimum atomic E-state index is -0.201. The number of nitrogens with zero attached hydrogens (tertiary/aromatic N) is 1. The van der Waals surface area contributed by atoms with E-state index in [9.17, 15) is 9.90 Å². The van der Waals surface area contributed by atoms with E-state index in [1.54, 1.807) is 6.08 Å². The van der Waals surface area contributed by atoms with Crippen molar-refractivity contribution in [2.45, 2.75) is 6.92 Å². The summed E-state index contributed by atoms with van der Waals surface area (Å²) in [4.78, 5) is 13.4. The van der Waals surface area contributed by atoms with Gasteiger partial charge in [-0.25, -0.2) is 0 Å². The quantitative estimate of drug-likeness (QED) is 0.650. The third-order valence-electron chi connectivity index (χ3n) is 2.63. The van der Waals surface area contributed by atoms with E-state index in [0.29, 0.717) is 22.9 Å². The molecule has 0 radical (unpaired) electrons. The molecule has 19 heavy (non-hydrogen) atoms. The van der Waals surface area contributed by atoms with Crippen LogP contribution in [-0.4, -0.2) is 27.6 Å². The Morgan fingerprint density at radius 1 is 1.42 bits per heavy atom. The minimum absolute atomic E-state index is 0.125. The Morgan fingerprint density at radius 3 is 2.47 bits per heavy atom. The van der Waals surface area contributed by atoms with Crippen LogP contribution in [0, 0.1) is 0 Å². The van der Waals surface area contributed by atoms with Gasteiger partial charge < -0.3 is 10.4 Å². The van der Waals surface area contributed by atoms with Gasteiger partial charge >= 0.3 is 0 Å². The SMILES string of the molecule is CCN1C(=O)/C(=C/c2cc(Cl)c(O)c(Cl)c2)NC1=S. The average molecular weight is 317 g/mol. The van der Waals surface area contributed by atoms with Crippen molar-refractivity contribution in [3.8, 4) is 5.75 Å². The Morgan fingerprint density at radius 2 is 2.00 bits per heavy atom. The Labute approximate surface area is 125 Å². The molecule has 0 bridgehead atoms. The lowest BCUT2D eigenvalue weighted by Crippen LogP contribution is -2.30. The largest absolute Gasteiger partial charge is 0.505 e. The Hall–Kier alpha value is -1.30. The first-order valence-electron chi connectivity index (χ1n) is 5.46. The highest BCUT2D eigenvalue weighted by atomic mass is 35.5. The topological polar surface area (TPSA) is 52.6 Å². The number of rotatable bonds is 2. The molecule has 0 atom stereocenters. The van der Waals surface area contributed by atoms with Crippen molar-refractivity contribution in [3.05, 3.63) is 33.4 Å². The first kappa shape index (κ1) is 14.1. The van der Waals surface area contributed by atoms with Gasteiger partial charge in [0.25, 0.3) is 5.91 Å². The summed E-state index contributed by atoms with van der Waals surface area (Å²) in [5, 5.41) is 12.9. The van der Waals surface area contributed by atoms with Gasteiger partial charge in [0.2, 0.25) is 0 Å². The van der Waals surface area contributed by atoms with Crippen molar-refractivity contribution in [3.63, 3.8) is 0 Å². The van der Waals surface area contributed by atoms with Crippen molar-refractivity contribution < 1.29 is 9.90 Å². The maximum atomic E-state index is 12.0. The van der Waals surface area contributed by atoms with Crippen LogP contribution in [-0.2, 0) is 4.79 Å². The molecule has 100 valence electrons. The first-order chi connectivity index (χ1) is 8.93. The molecule has 0 spiro atoms. The molecule has 0 unspecified atom stereocenters. The Kier molecular flexibility index (Phi) is 3.99. The highest BCUT2D eigenvalue weighted by molar-refractivity contribution is 7.80. The van der Waals surface area contributed by atoms with Gasteiger partial charge in [-0.05, 0) is 42.9 Å². The number of phenolic OH excluding ortho intramolecular Hbond substituents is 1. The summed E-state index contributed by atoms with van der Waals surface area (Å²) in [5.41, 5.74) is 0.953. The van der Waals surface area contributed by atoms with E-state index < -0.39 is 0 Å². The van der Waals surface area contributed by atoms with Gasteiger partial charge in [-0.2, -0.15) is 0 Å². The van der Waals surface area contributed by atoms with Gasteiger partial charge in [-0.15, -0.1) is 0 Å². The molecule has 1 aliphatic heterocycles. The number of phenols is 1. The van der Waals surface area contributed by atoms with E-state index in [4.69, 9.17) is 35.4 Å². The highest BCUT2D eigenvalue weighted by Crippen LogP contribution is 2.33. The van der Waals surface area contributed by atoms with E-state index in [2.05, 4.69) is 5.32 Å². The molecular weight excluding hydrogens is 307 g/mol. The molecule has 1 fully saturated rings. The van der Waals surface area contributed by atoms with Crippen molar-refractivity contribution in [1.29, 1.82) is 0 Å². The molecule has 2 rings (SSSR count). The second kappa shape index (κ2) is 5.36. The fourth-order valence-electron chi connectivity index (χ4n) is 1.69. The monoisotopic (exact) mass is 316 g/mol. The molecule has 1 aromatic carbocycles. The lowest BCUT2D eigenvalue weighted by molar-refractivity contribution is -0.122. The molecule has 7 heteroatoms. The van der Waals surface area contributed by atoms with E-state index in [1.807, 2.05) is 6.92 Å². The molecule has 4 nitrogen and oxygen atoms in total. The zero-order chi connectivity index (χ0) is 14.2. The van der Waals surface area contributed by atoms with Crippen LogP contribution in [0.1, 0.15) is 12.5 Å². The van der Waals surface area contributed by atoms with E-state index in [0.717, 1.165) is 0 Å². The van der Waals surface area contributed by atoms with Gasteiger partial charge in [0.05, 0.1) is 10.0 Å². The molecule has 1 heterocycles. The number of likely N-dealkylation sites (N-methyl/N-ethyl adjacent to an activating group) is 1. The summed E-state index contributed by atoms with van der Waals surface area (Å²) in [6, 6.07) is 3.03. The zero-order valence-corrected chi connectivity index (χ0v) is 12.2. The van der Waals surface area contributed by atoms with Crippen LogP contribution in [0.15, 0.2) is 17.8 Å². The lowest BCUT2D eigenvalue weighted by Gasteiger charge is -2.08. The zero-order valence-electron chi connectivity index (χ0n) is 9.91. The molecule has 1 saturated heterocycles. The van der Waals surface area contributed by atoms with E-state index in [-0.39, 0.29) is 21.7 Å². The number of benzene rings is 1. The molecule has 0 aliphatic carbocycles. The number of thiocarbonyl (C=S) groups is 1. The summed E-state index contributed by atoms with van der Waals surface area (Å²) < 4.78 is 0. The molecule has 1 aromatic rings. The Balaban J connectivity index is 2.38. The van der Waals surface area contributed by atoms with Crippen LogP contribution in [0.2, 0.25) is 10.0 Å². The van der Waals surface area contributed by atoms with Crippen LogP contribution in [0.3, 0.4) is 0 Å². The molecular formula is C12H10Cl2N2O2S. The van der Waals surface area contributed by atoms with Gasteiger partial charge in [0.15, 0.2) is 10.9 Å². The van der Waals surface area contributed by atoms with Gasteiger partial charge in [0, 0.05) is 6.54 Å². The van der Waals surface area contributed by atoms with Crippen LogP contribution in [0.25, 0.3) is 6.08 Å². The smallest absolute Gasteiger partial charge is 0.276 e. The van der Waals surface area contributed by atoms with E-state index >= 15 is 0 Å². The number of hydrogen-bond donors (Lipinski definition) is 2. The van der Waals surface area contributed by atoms with Crippen LogP contribution in [0.4, 0.5) is 0 Å². The molecule has 1 amide bonds. The first-order valence-corrected chi connectivity index (χ1v) is 6.63. The Bertz CT molecular complexity index is 578. The summed E-state index contributed by atoms with van der Waals surface area (Å²) in [6.45, 7) is 2.34. The maximum absolute atomic E-state index is 12.0. The number of carbonyl (C=O) groups excluding carboxylic acids is 1. The number of amides is 1. The summed E-state index contributed by atoms with van der Waals surface area (Å²) >= 11 is 16.7. The maximum Gasteiger partial charge on any atom is 0.276 e. The predicted molar refractivity (Wildman–Crippen MR) is 79.2 cm³/mol. The number of carbonyl (C=O) groups is 1. The molecule has 1 aliphatic rings. The second-order valence-electron chi connectivity index (χ2n) is 3.87.